The third-order valence-electron chi connectivity index (χ3n) is 3.00. The Labute approximate surface area is 110 Å². The molecule has 0 aromatic heterocycles. The van der Waals surface area contributed by atoms with Gasteiger partial charge in [-0.2, -0.15) is 0 Å². The average Bonchev–Trinajstić information content (AvgIpc) is 2.28. The summed E-state index contributed by atoms with van der Waals surface area (Å²) in [5, 5.41) is 2.96. The number of carbonyl (C=O) groups is 1. The fourth-order valence-electron chi connectivity index (χ4n) is 1.87. The first-order chi connectivity index (χ1) is 8.40. The maximum Gasteiger partial charge on any atom is 0.237 e. The third kappa shape index (κ3) is 4.49. The van der Waals surface area contributed by atoms with Crippen LogP contribution in [0.2, 0.25) is 0 Å². The van der Waals surface area contributed by atoms with Crippen molar-refractivity contribution >= 4 is 5.91 Å². The molecule has 3 nitrogen and oxygen atoms in total. The number of carbonyl (C=O) groups excluding carboxylic acids is 1. The van der Waals surface area contributed by atoms with Crippen molar-refractivity contribution < 1.29 is 4.79 Å². The number of rotatable bonds is 5. The minimum atomic E-state index is -0.419. The van der Waals surface area contributed by atoms with Crippen LogP contribution in [0.1, 0.15) is 44.4 Å². The van der Waals surface area contributed by atoms with E-state index in [1.54, 1.807) is 0 Å². The quantitative estimate of drug-likeness (QED) is 0.841. The number of hydrogen-bond donors (Lipinski definition) is 2. The molecule has 0 aliphatic rings. The fraction of sp³-hybridized carbons (Fsp3) is 0.533. The first-order valence-corrected chi connectivity index (χ1v) is 6.52. The Morgan fingerprint density at radius 2 is 1.78 bits per heavy atom. The number of nitrogens with two attached hydrogens (primary N) is 1. The summed E-state index contributed by atoms with van der Waals surface area (Å²) in [5.41, 5.74) is 8.18. The van der Waals surface area contributed by atoms with Crippen LogP contribution in [0, 0.1) is 12.8 Å². The minimum absolute atomic E-state index is 0.00341. The highest BCUT2D eigenvalue weighted by Crippen LogP contribution is 2.13. The molecule has 0 aliphatic carbocycles. The lowest BCUT2D eigenvalue weighted by molar-refractivity contribution is -0.123. The molecule has 2 unspecified atom stereocenters. The molecule has 3 heteroatoms. The number of hydrogen-bond acceptors (Lipinski definition) is 2. The predicted octanol–water partition coefficient (Wildman–Crippen LogP) is 2.55. The van der Waals surface area contributed by atoms with Crippen LogP contribution in [-0.4, -0.2) is 11.9 Å². The van der Waals surface area contributed by atoms with Gasteiger partial charge in [0.05, 0.1) is 12.1 Å². The van der Waals surface area contributed by atoms with E-state index in [9.17, 15) is 4.79 Å². The highest BCUT2D eigenvalue weighted by Gasteiger charge is 2.17. The normalized spacial score (nSPS) is 14.3. The van der Waals surface area contributed by atoms with E-state index in [1.807, 2.05) is 38.1 Å². The topological polar surface area (TPSA) is 55.1 Å². The van der Waals surface area contributed by atoms with Crippen LogP contribution in [0.25, 0.3) is 0 Å². The summed E-state index contributed by atoms with van der Waals surface area (Å²) in [7, 11) is 0. The van der Waals surface area contributed by atoms with E-state index in [2.05, 4.69) is 19.2 Å². The molecular weight excluding hydrogens is 224 g/mol. The summed E-state index contributed by atoms with van der Waals surface area (Å²) in [5.74, 6) is 0.359. The van der Waals surface area contributed by atoms with Gasteiger partial charge >= 0.3 is 0 Å². The Morgan fingerprint density at radius 1 is 1.22 bits per heavy atom. The zero-order valence-corrected chi connectivity index (χ0v) is 11.7. The molecule has 1 amide bonds. The van der Waals surface area contributed by atoms with Gasteiger partial charge in [0.1, 0.15) is 0 Å². The molecule has 0 spiro atoms. The van der Waals surface area contributed by atoms with Gasteiger partial charge in [-0.3, -0.25) is 4.79 Å². The Balaban J connectivity index is 2.56. The molecule has 3 N–H and O–H groups in total. The number of aryl methyl sites for hydroxylation is 1. The summed E-state index contributed by atoms with van der Waals surface area (Å²) >= 11 is 0. The molecule has 0 heterocycles. The molecule has 0 saturated heterocycles. The van der Waals surface area contributed by atoms with Gasteiger partial charge in [0.25, 0.3) is 0 Å². The molecule has 0 aliphatic heterocycles. The molecule has 1 aromatic carbocycles. The Hall–Kier alpha value is -1.35. The lowest BCUT2D eigenvalue weighted by atomic mass is 10.0. The van der Waals surface area contributed by atoms with E-state index in [0.29, 0.717) is 12.3 Å². The van der Waals surface area contributed by atoms with Crippen LogP contribution in [0.5, 0.6) is 0 Å². The SMILES string of the molecule is Cc1ccc(C(C)NC(=O)C(N)CC(C)C)cc1. The van der Waals surface area contributed by atoms with Crippen molar-refractivity contribution in [1.82, 2.24) is 5.32 Å². The monoisotopic (exact) mass is 248 g/mol. The minimum Gasteiger partial charge on any atom is -0.348 e. The zero-order valence-electron chi connectivity index (χ0n) is 11.7. The lowest BCUT2D eigenvalue weighted by Crippen LogP contribution is -2.42. The van der Waals surface area contributed by atoms with Gasteiger partial charge in [0, 0.05) is 0 Å². The summed E-state index contributed by atoms with van der Waals surface area (Å²) in [6.45, 7) is 8.16. The first-order valence-electron chi connectivity index (χ1n) is 6.52. The smallest absolute Gasteiger partial charge is 0.237 e. The summed E-state index contributed by atoms with van der Waals surface area (Å²) in [4.78, 5) is 11.9. The molecule has 0 bridgehead atoms. The van der Waals surface area contributed by atoms with Gasteiger partial charge in [0.15, 0.2) is 0 Å². The van der Waals surface area contributed by atoms with E-state index in [4.69, 9.17) is 5.73 Å². The second kappa shape index (κ2) is 6.55. The van der Waals surface area contributed by atoms with Crippen LogP contribution in [-0.2, 0) is 4.79 Å². The highest BCUT2D eigenvalue weighted by molar-refractivity contribution is 5.81. The largest absolute Gasteiger partial charge is 0.348 e. The summed E-state index contributed by atoms with van der Waals surface area (Å²) < 4.78 is 0. The Bertz CT molecular complexity index is 384. The molecule has 2 atom stereocenters. The molecular formula is C15H24N2O. The maximum atomic E-state index is 11.9. The predicted molar refractivity (Wildman–Crippen MR) is 75.2 cm³/mol. The van der Waals surface area contributed by atoms with Gasteiger partial charge < -0.3 is 11.1 Å². The number of amides is 1. The van der Waals surface area contributed by atoms with Crippen molar-refractivity contribution in [2.24, 2.45) is 11.7 Å². The molecule has 0 fully saturated rings. The second-order valence-corrected chi connectivity index (χ2v) is 5.38. The van der Waals surface area contributed by atoms with Crippen molar-refractivity contribution in [2.45, 2.75) is 46.2 Å². The Morgan fingerprint density at radius 3 is 2.28 bits per heavy atom. The van der Waals surface area contributed by atoms with Crippen LogP contribution in [0.4, 0.5) is 0 Å². The molecule has 0 radical (unpaired) electrons. The summed E-state index contributed by atoms with van der Waals surface area (Å²) in [6, 6.07) is 7.75. The zero-order chi connectivity index (χ0) is 13.7. The first kappa shape index (κ1) is 14.7. The molecule has 100 valence electrons. The van der Waals surface area contributed by atoms with Gasteiger partial charge in [-0.05, 0) is 31.7 Å². The number of benzene rings is 1. The Kier molecular flexibility index (Phi) is 5.35. The molecule has 1 rings (SSSR count). The average molecular weight is 248 g/mol. The van der Waals surface area contributed by atoms with E-state index in [-0.39, 0.29) is 11.9 Å². The van der Waals surface area contributed by atoms with Gasteiger partial charge in [-0.25, -0.2) is 0 Å². The highest BCUT2D eigenvalue weighted by atomic mass is 16.2. The van der Waals surface area contributed by atoms with E-state index in [1.165, 1.54) is 5.56 Å². The second-order valence-electron chi connectivity index (χ2n) is 5.38. The maximum absolute atomic E-state index is 11.9. The summed E-state index contributed by atoms with van der Waals surface area (Å²) in [6.07, 6.45) is 0.715. The van der Waals surface area contributed by atoms with Crippen molar-refractivity contribution in [1.29, 1.82) is 0 Å². The van der Waals surface area contributed by atoms with Crippen molar-refractivity contribution in [2.75, 3.05) is 0 Å². The third-order valence-corrected chi connectivity index (χ3v) is 3.00. The standard InChI is InChI=1S/C15H24N2O/c1-10(2)9-14(16)15(18)17-12(4)13-7-5-11(3)6-8-13/h5-8,10,12,14H,9,16H2,1-4H3,(H,17,18). The van der Waals surface area contributed by atoms with E-state index >= 15 is 0 Å². The van der Waals surface area contributed by atoms with Crippen molar-refractivity contribution in [3.05, 3.63) is 35.4 Å². The van der Waals surface area contributed by atoms with E-state index in [0.717, 1.165) is 5.56 Å². The van der Waals surface area contributed by atoms with E-state index < -0.39 is 6.04 Å². The lowest BCUT2D eigenvalue weighted by Gasteiger charge is -2.19. The molecule has 1 aromatic rings. The molecule has 0 saturated carbocycles. The van der Waals surface area contributed by atoms with Crippen molar-refractivity contribution in [3.63, 3.8) is 0 Å². The fourth-order valence-corrected chi connectivity index (χ4v) is 1.87. The van der Waals surface area contributed by atoms with Crippen molar-refractivity contribution in [3.8, 4) is 0 Å². The number of nitrogens with one attached hydrogen (secondary N) is 1. The van der Waals surface area contributed by atoms with Crippen LogP contribution in [0.15, 0.2) is 24.3 Å². The molecule has 18 heavy (non-hydrogen) atoms. The van der Waals surface area contributed by atoms with Crippen LogP contribution in [0.3, 0.4) is 0 Å². The van der Waals surface area contributed by atoms with Gasteiger partial charge in [-0.15, -0.1) is 0 Å². The van der Waals surface area contributed by atoms with Crippen LogP contribution < -0.4 is 11.1 Å². The van der Waals surface area contributed by atoms with Crippen LogP contribution >= 0.6 is 0 Å². The van der Waals surface area contributed by atoms with Gasteiger partial charge in [-0.1, -0.05) is 43.7 Å². The van der Waals surface area contributed by atoms with Gasteiger partial charge in [0.2, 0.25) is 5.91 Å².